The van der Waals surface area contributed by atoms with Crippen molar-refractivity contribution in [2.45, 2.75) is 25.6 Å². The van der Waals surface area contributed by atoms with Crippen LogP contribution in [0.15, 0.2) is 42.5 Å². The van der Waals surface area contributed by atoms with Crippen LogP contribution in [0.3, 0.4) is 0 Å². The third-order valence-electron chi connectivity index (χ3n) is 6.63. The summed E-state index contributed by atoms with van der Waals surface area (Å²) in [5, 5.41) is 3.01. The summed E-state index contributed by atoms with van der Waals surface area (Å²) in [6, 6.07) is 12.2. The molecule has 2 unspecified atom stereocenters. The topological polar surface area (TPSA) is 38.8 Å². The standard InChI is InChI=1S/C25H31F3N4O/c1-17-4-7-20(8-5-17)31-12-13-32-22-9-6-19(25(26,27)28)14-18(22)15-21(23(32)16-31)24(33)29-10-11-30(2)3/h4-9,14,21,23H,10-13,15-16H2,1-3H3,(H,29,33). The summed E-state index contributed by atoms with van der Waals surface area (Å²) in [6.07, 6.45) is -4.10. The van der Waals surface area contributed by atoms with Crippen LogP contribution in [0.5, 0.6) is 0 Å². The molecule has 0 bridgehead atoms. The first-order valence-electron chi connectivity index (χ1n) is 11.3. The molecule has 0 saturated carbocycles. The fourth-order valence-electron chi connectivity index (χ4n) is 4.82. The van der Waals surface area contributed by atoms with E-state index in [4.69, 9.17) is 0 Å². The van der Waals surface area contributed by atoms with Crippen molar-refractivity contribution >= 4 is 17.3 Å². The average molecular weight is 461 g/mol. The summed E-state index contributed by atoms with van der Waals surface area (Å²) in [7, 11) is 3.87. The molecule has 2 aliphatic rings. The first-order valence-corrected chi connectivity index (χ1v) is 11.3. The van der Waals surface area contributed by atoms with Gasteiger partial charge in [-0.15, -0.1) is 0 Å². The van der Waals surface area contributed by atoms with Crippen LogP contribution in [0.25, 0.3) is 0 Å². The van der Waals surface area contributed by atoms with E-state index in [1.165, 1.54) is 11.6 Å². The number of piperazine rings is 1. The van der Waals surface area contributed by atoms with Crippen molar-refractivity contribution in [2.24, 2.45) is 5.92 Å². The lowest BCUT2D eigenvalue weighted by molar-refractivity contribution is -0.137. The van der Waals surface area contributed by atoms with Gasteiger partial charge in [0.25, 0.3) is 0 Å². The molecular formula is C25H31F3N4O. The summed E-state index contributed by atoms with van der Waals surface area (Å²) < 4.78 is 40.1. The molecule has 2 aromatic carbocycles. The van der Waals surface area contributed by atoms with E-state index in [1.54, 1.807) is 6.07 Å². The number of fused-ring (bicyclic) bond motifs is 3. The van der Waals surface area contributed by atoms with Crippen molar-refractivity contribution in [1.29, 1.82) is 0 Å². The number of nitrogens with one attached hydrogen (secondary N) is 1. The molecule has 0 radical (unpaired) electrons. The maximum Gasteiger partial charge on any atom is 0.416 e. The molecule has 8 heteroatoms. The van der Waals surface area contributed by atoms with E-state index in [0.29, 0.717) is 38.2 Å². The quantitative estimate of drug-likeness (QED) is 0.741. The van der Waals surface area contributed by atoms with E-state index >= 15 is 0 Å². The number of anilines is 2. The van der Waals surface area contributed by atoms with E-state index in [9.17, 15) is 18.0 Å². The van der Waals surface area contributed by atoms with E-state index in [1.807, 2.05) is 25.9 Å². The summed E-state index contributed by atoms with van der Waals surface area (Å²) in [4.78, 5) is 19.6. The monoisotopic (exact) mass is 460 g/mol. The second kappa shape index (κ2) is 9.25. The highest BCUT2D eigenvalue weighted by Gasteiger charge is 2.42. The zero-order valence-corrected chi connectivity index (χ0v) is 19.3. The largest absolute Gasteiger partial charge is 0.416 e. The Balaban J connectivity index is 1.63. The minimum Gasteiger partial charge on any atom is -0.368 e. The number of hydrogen-bond donors (Lipinski definition) is 1. The molecule has 178 valence electrons. The van der Waals surface area contributed by atoms with Gasteiger partial charge in [0.15, 0.2) is 0 Å². The van der Waals surface area contributed by atoms with Crippen molar-refractivity contribution in [3.05, 3.63) is 59.2 Å². The second-order valence-corrected chi connectivity index (χ2v) is 9.29. The van der Waals surface area contributed by atoms with Crippen LogP contribution in [0.4, 0.5) is 24.5 Å². The number of halogens is 3. The molecule has 4 rings (SSSR count). The summed E-state index contributed by atoms with van der Waals surface area (Å²) in [6.45, 7) is 5.30. The Kier molecular flexibility index (Phi) is 6.56. The zero-order valence-electron chi connectivity index (χ0n) is 19.3. The van der Waals surface area contributed by atoms with Gasteiger partial charge in [0, 0.05) is 44.1 Å². The second-order valence-electron chi connectivity index (χ2n) is 9.29. The Hall–Kier alpha value is -2.74. The maximum atomic E-state index is 13.4. The molecule has 0 aromatic heterocycles. The molecule has 0 aliphatic carbocycles. The van der Waals surface area contributed by atoms with Crippen LogP contribution in [0.2, 0.25) is 0 Å². The van der Waals surface area contributed by atoms with E-state index < -0.39 is 17.7 Å². The lowest BCUT2D eigenvalue weighted by Crippen LogP contribution is -2.61. The van der Waals surface area contributed by atoms with Gasteiger partial charge in [-0.25, -0.2) is 0 Å². The van der Waals surface area contributed by atoms with E-state index in [2.05, 4.69) is 39.4 Å². The first kappa shape index (κ1) is 23.4. The van der Waals surface area contributed by atoms with Crippen molar-refractivity contribution in [1.82, 2.24) is 10.2 Å². The molecule has 1 fully saturated rings. The highest BCUT2D eigenvalue weighted by atomic mass is 19.4. The molecule has 33 heavy (non-hydrogen) atoms. The summed E-state index contributed by atoms with van der Waals surface area (Å²) in [5.41, 5.74) is 3.03. The molecule has 1 amide bonds. The summed E-state index contributed by atoms with van der Waals surface area (Å²) >= 11 is 0. The Labute approximate surface area is 193 Å². The normalized spacial score (nSPS) is 20.5. The van der Waals surface area contributed by atoms with Gasteiger partial charge in [0.1, 0.15) is 0 Å². The van der Waals surface area contributed by atoms with E-state index in [0.717, 1.165) is 24.0 Å². The van der Waals surface area contributed by atoms with Gasteiger partial charge in [-0.2, -0.15) is 13.2 Å². The smallest absolute Gasteiger partial charge is 0.368 e. The van der Waals surface area contributed by atoms with Gasteiger partial charge >= 0.3 is 6.18 Å². The van der Waals surface area contributed by atoms with Gasteiger partial charge in [0.2, 0.25) is 5.91 Å². The third kappa shape index (κ3) is 5.11. The minimum atomic E-state index is -4.40. The molecule has 2 aromatic rings. The number of carbonyl (C=O) groups is 1. The van der Waals surface area contributed by atoms with Gasteiger partial charge in [-0.3, -0.25) is 4.79 Å². The number of nitrogens with zero attached hydrogens (tertiary/aromatic N) is 3. The van der Waals surface area contributed by atoms with Crippen molar-refractivity contribution in [2.75, 3.05) is 56.6 Å². The van der Waals surface area contributed by atoms with Crippen molar-refractivity contribution in [3.8, 4) is 0 Å². The molecule has 1 N–H and O–H groups in total. The van der Waals surface area contributed by atoms with Crippen LogP contribution >= 0.6 is 0 Å². The first-order chi connectivity index (χ1) is 15.6. The fraction of sp³-hybridized carbons (Fsp3) is 0.480. The number of hydrogen-bond acceptors (Lipinski definition) is 4. The molecule has 0 spiro atoms. The minimum absolute atomic E-state index is 0.0966. The Morgan fingerprint density at radius 3 is 2.52 bits per heavy atom. The Morgan fingerprint density at radius 2 is 1.85 bits per heavy atom. The number of carbonyl (C=O) groups excluding carboxylic acids is 1. The number of benzene rings is 2. The zero-order chi connectivity index (χ0) is 23.8. The highest BCUT2D eigenvalue weighted by Crippen LogP contribution is 2.40. The Morgan fingerprint density at radius 1 is 1.12 bits per heavy atom. The number of rotatable bonds is 5. The van der Waals surface area contributed by atoms with Crippen LogP contribution in [0, 0.1) is 12.8 Å². The number of likely N-dealkylation sites (N-methyl/N-ethyl adjacent to an activating group) is 1. The van der Waals surface area contributed by atoms with Crippen LogP contribution in [-0.4, -0.2) is 63.7 Å². The van der Waals surface area contributed by atoms with Gasteiger partial charge in [-0.05, 0) is 63.3 Å². The van der Waals surface area contributed by atoms with Crippen LogP contribution in [0.1, 0.15) is 16.7 Å². The SMILES string of the molecule is Cc1ccc(N2CCN3c4ccc(C(F)(F)F)cc4CC(C(=O)NCCN(C)C)C3C2)cc1. The number of alkyl halides is 3. The predicted octanol–water partition coefficient (Wildman–Crippen LogP) is 3.56. The molecule has 2 heterocycles. The Bertz CT molecular complexity index is 990. The molecule has 5 nitrogen and oxygen atoms in total. The lowest BCUT2D eigenvalue weighted by Gasteiger charge is -2.49. The molecular weight excluding hydrogens is 429 g/mol. The fourth-order valence-corrected chi connectivity index (χ4v) is 4.82. The van der Waals surface area contributed by atoms with Crippen LogP contribution < -0.4 is 15.1 Å². The number of amides is 1. The molecule has 2 atom stereocenters. The summed E-state index contributed by atoms with van der Waals surface area (Å²) in [5.74, 6) is -0.517. The highest BCUT2D eigenvalue weighted by molar-refractivity contribution is 5.82. The third-order valence-corrected chi connectivity index (χ3v) is 6.63. The maximum absolute atomic E-state index is 13.4. The van der Waals surface area contributed by atoms with Crippen molar-refractivity contribution in [3.63, 3.8) is 0 Å². The molecule has 2 aliphatic heterocycles. The lowest BCUT2D eigenvalue weighted by atomic mass is 9.82. The van der Waals surface area contributed by atoms with Crippen molar-refractivity contribution < 1.29 is 18.0 Å². The predicted molar refractivity (Wildman–Crippen MR) is 125 cm³/mol. The van der Waals surface area contributed by atoms with Crippen LogP contribution in [-0.2, 0) is 17.4 Å². The van der Waals surface area contributed by atoms with E-state index in [-0.39, 0.29) is 11.9 Å². The van der Waals surface area contributed by atoms with Gasteiger partial charge < -0.3 is 20.0 Å². The van der Waals surface area contributed by atoms with Gasteiger partial charge in [-0.1, -0.05) is 17.7 Å². The number of aryl methyl sites for hydroxylation is 1. The average Bonchev–Trinajstić information content (AvgIpc) is 2.77. The molecule has 1 saturated heterocycles. The van der Waals surface area contributed by atoms with Gasteiger partial charge in [0.05, 0.1) is 17.5 Å².